The maximum atomic E-state index is 12.9. The van der Waals surface area contributed by atoms with Crippen molar-refractivity contribution in [2.45, 2.75) is 44.7 Å². The van der Waals surface area contributed by atoms with Crippen molar-refractivity contribution in [2.24, 2.45) is 5.73 Å². The topological polar surface area (TPSA) is 137 Å². The zero-order chi connectivity index (χ0) is 28.5. The molecule has 3 aromatic carbocycles. The number of halogens is 2. The number of hydrogen-bond donors (Lipinski definition) is 4. The first-order chi connectivity index (χ1) is 18.6. The molecule has 0 aliphatic carbocycles. The normalized spacial score (nSPS) is 13.2. The predicted molar refractivity (Wildman–Crippen MR) is 144 cm³/mol. The van der Waals surface area contributed by atoms with Gasteiger partial charge in [0.2, 0.25) is 5.91 Å². The molecule has 3 unspecified atom stereocenters. The van der Waals surface area contributed by atoms with Gasteiger partial charge in [0.1, 0.15) is 12.4 Å². The van der Waals surface area contributed by atoms with E-state index in [0.717, 1.165) is 5.56 Å². The number of aliphatic carboxylic acids is 1. The molecule has 0 radical (unpaired) electrons. The van der Waals surface area contributed by atoms with E-state index in [1.54, 1.807) is 55.5 Å². The highest BCUT2D eigenvalue weighted by Gasteiger charge is 2.24. The Hall–Kier alpha value is -4.49. The fourth-order valence-corrected chi connectivity index (χ4v) is 4.01. The molecule has 0 saturated carbocycles. The molecule has 1 amide bonds. The van der Waals surface area contributed by atoms with E-state index in [4.69, 9.17) is 15.7 Å². The number of benzene rings is 3. The molecule has 204 valence electrons. The van der Waals surface area contributed by atoms with E-state index in [-0.39, 0.29) is 24.1 Å². The molecule has 5 N–H and O–H groups in total. The molecule has 0 fully saturated rings. The van der Waals surface area contributed by atoms with Gasteiger partial charge in [-0.1, -0.05) is 25.1 Å². The number of anilines is 2. The average molecular weight is 537 g/mol. The number of hydrogen-bond acceptors (Lipinski definition) is 6. The van der Waals surface area contributed by atoms with Crippen molar-refractivity contribution in [1.82, 2.24) is 0 Å². The van der Waals surface area contributed by atoms with Gasteiger partial charge in [-0.25, -0.2) is 13.6 Å². The van der Waals surface area contributed by atoms with Gasteiger partial charge in [-0.3, -0.25) is 4.79 Å². The lowest BCUT2D eigenvalue weighted by atomic mass is 9.92. The van der Waals surface area contributed by atoms with Crippen LogP contribution in [-0.4, -0.2) is 30.0 Å². The zero-order valence-corrected chi connectivity index (χ0v) is 21.5. The number of amides is 1. The summed E-state index contributed by atoms with van der Waals surface area (Å²) in [6.07, 6.45) is -2.73. The fourth-order valence-electron chi connectivity index (χ4n) is 4.01. The lowest BCUT2D eigenvalue weighted by molar-refractivity contribution is -0.138. The Morgan fingerprint density at radius 2 is 1.74 bits per heavy atom. The minimum atomic E-state index is -2.71. The molecule has 8 nitrogen and oxygen atoms in total. The molecular formula is C29H30F2N4O4. The van der Waals surface area contributed by atoms with Crippen molar-refractivity contribution in [3.63, 3.8) is 0 Å². The lowest BCUT2D eigenvalue weighted by Gasteiger charge is -2.21. The quantitative estimate of drug-likeness (QED) is 0.237. The monoisotopic (exact) mass is 536 g/mol. The number of rotatable bonds is 12. The van der Waals surface area contributed by atoms with Crippen LogP contribution < -0.4 is 21.1 Å². The Morgan fingerprint density at radius 1 is 1.03 bits per heavy atom. The van der Waals surface area contributed by atoms with E-state index < -0.39 is 31.0 Å². The molecule has 10 heteroatoms. The highest BCUT2D eigenvalue weighted by Crippen LogP contribution is 2.33. The first-order valence-corrected chi connectivity index (χ1v) is 12.3. The van der Waals surface area contributed by atoms with Crippen LogP contribution >= 0.6 is 0 Å². The van der Waals surface area contributed by atoms with Crippen LogP contribution in [0.3, 0.4) is 0 Å². The summed E-state index contributed by atoms with van der Waals surface area (Å²) < 4.78 is 31.1. The van der Waals surface area contributed by atoms with E-state index in [2.05, 4.69) is 10.6 Å². The van der Waals surface area contributed by atoms with Crippen LogP contribution in [-0.2, 0) is 9.59 Å². The highest BCUT2D eigenvalue weighted by atomic mass is 19.3. The van der Waals surface area contributed by atoms with Gasteiger partial charge in [0.05, 0.1) is 11.6 Å². The molecule has 0 aliphatic heterocycles. The zero-order valence-electron chi connectivity index (χ0n) is 21.5. The van der Waals surface area contributed by atoms with Crippen molar-refractivity contribution in [3.8, 4) is 11.8 Å². The average Bonchev–Trinajstić information content (AvgIpc) is 2.90. The van der Waals surface area contributed by atoms with Gasteiger partial charge in [-0.05, 0) is 78.1 Å². The molecule has 3 rings (SSSR count). The maximum Gasteiger partial charge on any atom is 0.330 e. The van der Waals surface area contributed by atoms with E-state index in [9.17, 15) is 23.5 Å². The SMILES string of the molecule is CC(N)c1cccc(NC(=O)CC(C)c2cc(C(Nc3ccc(C#N)cc3)C(=O)O)ccc2OCC(F)F)c1. The number of carboxylic acid groups (broad SMARTS) is 1. The number of nitrogens with two attached hydrogens (primary N) is 1. The van der Waals surface area contributed by atoms with Crippen LogP contribution in [0.4, 0.5) is 20.2 Å². The molecule has 0 aromatic heterocycles. The van der Waals surface area contributed by atoms with Crippen LogP contribution in [0.2, 0.25) is 0 Å². The summed E-state index contributed by atoms with van der Waals surface area (Å²) in [4.78, 5) is 25.0. The molecule has 0 heterocycles. The van der Waals surface area contributed by atoms with Gasteiger partial charge in [-0.2, -0.15) is 5.26 Å². The first kappa shape index (κ1) is 29.1. The third-order valence-corrected chi connectivity index (χ3v) is 6.02. The number of nitrogens with one attached hydrogen (secondary N) is 2. The summed E-state index contributed by atoms with van der Waals surface area (Å²) in [5, 5.41) is 24.6. The lowest BCUT2D eigenvalue weighted by Crippen LogP contribution is -2.21. The smallest absolute Gasteiger partial charge is 0.330 e. The highest BCUT2D eigenvalue weighted by molar-refractivity contribution is 5.91. The molecule has 0 bridgehead atoms. The van der Waals surface area contributed by atoms with E-state index in [0.29, 0.717) is 28.1 Å². The number of carboxylic acids is 1. The van der Waals surface area contributed by atoms with Crippen molar-refractivity contribution in [3.05, 3.63) is 89.0 Å². The molecule has 3 aromatic rings. The van der Waals surface area contributed by atoms with Gasteiger partial charge in [0.25, 0.3) is 6.43 Å². The van der Waals surface area contributed by atoms with Gasteiger partial charge < -0.3 is 26.2 Å². The molecule has 3 atom stereocenters. The van der Waals surface area contributed by atoms with Crippen molar-refractivity contribution >= 4 is 23.3 Å². The van der Waals surface area contributed by atoms with Crippen LogP contribution in [0.5, 0.6) is 5.75 Å². The summed E-state index contributed by atoms with van der Waals surface area (Å²) in [6.45, 7) is 2.72. The van der Waals surface area contributed by atoms with Gasteiger partial charge in [0, 0.05) is 23.8 Å². The van der Waals surface area contributed by atoms with Crippen LogP contribution in [0.15, 0.2) is 66.7 Å². The Morgan fingerprint density at radius 3 is 2.36 bits per heavy atom. The summed E-state index contributed by atoms with van der Waals surface area (Å²) >= 11 is 0. The van der Waals surface area contributed by atoms with Crippen LogP contribution in [0.1, 0.15) is 60.5 Å². The molecule has 0 spiro atoms. The van der Waals surface area contributed by atoms with Gasteiger partial charge in [0.15, 0.2) is 6.04 Å². The Labute approximate surface area is 225 Å². The molecule has 0 saturated heterocycles. The molecule has 0 aliphatic rings. The van der Waals surface area contributed by atoms with Gasteiger partial charge >= 0.3 is 5.97 Å². The fraction of sp³-hybridized carbons (Fsp3) is 0.276. The summed E-state index contributed by atoms with van der Waals surface area (Å²) in [5.74, 6) is -1.86. The second-order valence-corrected chi connectivity index (χ2v) is 9.17. The minimum Gasteiger partial charge on any atom is -0.487 e. The van der Waals surface area contributed by atoms with Gasteiger partial charge in [-0.15, -0.1) is 0 Å². The standard InChI is InChI=1S/C29H30F2N4O4/c1-17(12-27(36)34-23-5-3-4-20(13-23)18(2)33)24-14-21(8-11-25(24)39-16-26(30)31)28(29(37)38)35-22-9-6-19(15-32)7-10-22/h3-11,13-14,17-18,26,28,35H,12,16,33H2,1-2H3,(H,34,36)(H,37,38). The number of carbonyl (C=O) groups is 2. The molecular weight excluding hydrogens is 506 g/mol. The number of alkyl halides is 2. The van der Waals surface area contributed by atoms with Crippen LogP contribution in [0, 0.1) is 11.3 Å². The summed E-state index contributed by atoms with van der Waals surface area (Å²) in [7, 11) is 0. The third kappa shape index (κ3) is 8.25. The number of ether oxygens (including phenoxy) is 1. The van der Waals surface area contributed by atoms with E-state index >= 15 is 0 Å². The number of carbonyl (C=O) groups excluding carboxylic acids is 1. The van der Waals surface area contributed by atoms with E-state index in [1.165, 1.54) is 12.1 Å². The molecule has 39 heavy (non-hydrogen) atoms. The van der Waals surface area contributed by atoms with Crippen molar-refractivity contribution in [1.29, 1.82) is 5.26 Å². The maximum absolute atomic E-state index is 12.9. The summed E-state index contributed by atoms with van der Waals surface area (Å²) in [6, 6.07) is 18.5. The Bertz CT molecular complexity index is 1340. The van der Waals surface area contributed by atoms with Crippen molar-refractivity contribution < 1.29 is 28.2 Å². The number of nitrogens with zero attached hydrogens (tertiary/aromatic N) is 1. The Kier molecular flexibility index (Phi) is 9.95. The van der Waals surface area contributed by atoms with Crippen molar-refractivity contribution in [2.75, 3.05) is 17.2 Å². The predicted octanol–water partition coefficient (Wildman–Crippen LogP) is 5.59. The minimum absolute atomic E-state index is 0.0162. The first-order valence-electron chi connectivity index (χ1n) is 12.3. The van der Waals surface area contributed by atoms with E-state index in [1.807, 2.05) is 19.1 Å². The van der Waals surface area contributed by atoms with Crippen LogP contribution in [0.25, 0.3) is 0 Å². The second kappa shape index (κ2) is 13.3. The Balaban J connectivity index is 1.86. The number of nitriles is 1. The summed E-state index contributed by atoms with van der Waals surface area (Å²) in [5.41, 5.74) is 8.99. The largest absolute Gasteiger partial charge is 0.487 e. The third-order valence-electron chi connectivity index (χ3n) is 6.02. The second-order valence-electron chi connectivity index (χ2n) is 9.17.